The minimum Gasteiger partial charge on any atom is -0.476 e. The highest BCUT2D eigenvalue weighted by Gasteiger charge is 2.17. The van der Waals surface area contributed by atoms with E-state index in [0.717, 1.165) is 11.1 Å². The molecule has 5 heteroatoms. The van der Waals surface area contributed by atoms with E-state index in [0.29, 0.717) is 5.75 Å². The number of hydrogen-bond acceptors (Lipinski definition) is 4. The van der Waals surface area contributed by atoms with E-state index in [1.54, 1.807) is 0 Å². The normalized spacial score (nSPS) is 10.6. The number of benzene rings is 1. The second-order valence-electron chi connectivity index (χ2n) is 4.81. The smallest absolute Gasteiger partial charge is 0.360 e. The predicted molar refractivity (Wildman–Crippen MR) is 74.3 cm³/mol. The van der Waals surface area contributed by atoms with Crippen LogP contribution in [0.25, 0.3) is 0 Å². The van der Waals surface area contributed by atoms with Gasteiger partial charge in [-0.2, -0.15) is 0 Å². The van der Waals surface area contributed by atoms with E-state index in [2.05, 4.69) is 9.97 Å². The number of nitrogens with zero attached hydrogens (tertiary/aromatic N) is 2. The summed E-state index contributed by atoms with van der Waals surface area (Å²) >= 11 is 0. The Kier molecular flexibility index (Phi) is 3.98. The second-order valence-corrected chi connectivity index (χ2v) is 4.81. The molecular weight excluding hydrogens is 256 g/mol. The summed E-state index contributed by atoms with van der Waals surface area (Å²) in [7, 11) is 0. The number of carboxylic acid groups (broad SMARTS) is 1. The number of aromatic nitrogens is 2. The van der Waals surface area contributed by atoms with Gasteiger partial charge in [0.2, 0.25) is 5.69 Å². The Bertz CT molecular complexity index is 639. The summed E-state index contributed by atoms with van der Waals surface area (Å²) in [6.07, 6.45) is 2.74. The first kappa shape index (κ1) is 14.0. The summed E-state index contributed by atoms with van der Waals surface area (Å²) in [5, 5.41) is 9.09. The van der Waals surface area contributed by atoms with Crippen molar-refractivity contribution in [1.29, 1.82) is 0 Å². The Balaban J connectivity index is 2.45. The molecule has 0 aliphatic rings. The van der Waals surface area contributed by atoms with Crippen molar-refractivity contribution in [2.24, 2.45) is 0 Å². The van der Waals surface area contributed by atoms with Gasteiger partial charge < -0.3 is 9.84 Å². The number of rotatable bonds is 4. The van der Waals surface area contributed by atoms with Crippen LogP contribution < -0.4 is 4.74 Å². The summed E-state index contributed by atoms with van der Waals surface area (Å²) in [5.74, 6) is -0.280. The first-order valence-electron chi connectivity index (χ1n) is 6.31. The monoisotopic (exact) mass is 272 g/mol. The molecule has 0 atom stereocenters. The van der Waals surface area contributed by atoms with Gasteiger partial charge in [-0.25, -0.2) is 14.8 Å². The molecule has 20 heavy (non-hydrogen) atoms. The fourth-order valence-corrected chi connectivity index (χ4v) is 1.86. The highest BCUT2D eigenvalue weighted by molar-refractivity contribution is 5.87. The number of aryl methyl sites for hydroxylation is 1. The van der Waals surface area contributed by atoms with Gasteiger partial charge in [0.15, 0.2) is 0 Å². The molecule has 0 unspecified atom stereocenters. The van der Waals surface area contributed by atoms with Crippen LogP contribution in [0.2, 0.25) is 0 Å². The van der Waals surface area contributed by atoms with Crippen LogP contribution in [-0.4, -0.2) is 21.0 Å². The number of hydrogen-bond donors (Lipinski definition) is 1. The summed E-state index contributed by atoms with van der Waals surface area (Å²) in [5.41, 5.74) is 1.84. The van der Waals surface area contributed by atoms with Crippen LogP contribution in [0.4, 0.5) is 0 Å². The zero-order chi connectivity index (χ0) is 14.7. The maximum atomic E-state index is 11.1. The van der Waals surface area contributed by atoms with Crippen molar-refractivity contribution in [3.8, 4) is 11.6 Å². The van der Waals surface area contributed by atoms with Crippen LogP contribution in [0, 0.1) is 6.92 Å². The van der Waals surface area contributed by atoms with E-state index in [-0.39, 0.29) is 17.5 Å². The lowest BCUT2D eigenvalue weighted by Gasteiger charge is -2.14. The molecule has 0 saturated heterocycles. The minimum atomic E-state index is -1.16. The van der Waals surface area contributed by atoms with Crippen LogP contribution >= 0.6 is 0 Å². The molecular formula is C15H16N2O3. The highest BCUT2D eigenvalue weighted by atomic mass is 16.5. The molecule has 1 aromatic heterocycles. The van der Waals surface area contributed by atoms with Crippen molar-refractivity contribution in [1.82, 2.24) is 9.97 Å². The topological polar surface area (TPSA) is 72.3 Å². The van der Waals surface area contributed by atoms with Gasteiger partial charge in [0.05, 0.1) is 0 Å². The van der Waals surface area contributed by atoms with Crippen molar-refractivity contribution in [3.63, 3.8) is 0 Å². The summed E-state index contributed by atoms with van der Waals surface area (Å²) in [6.45, 7) is 6.05. The van der Waals surface area contributed by atoms with Gasteiger partial charge in [-0.15, -0.1) is 0 Å². The van der Waals surface area contributed by atoms with Crippen molar-refractivity contribution < 1.29 is 14.6 Å². The maximum absolute atomic E-state index is 11.1. The van der Waals surface area contributed by atoms with Crippen LogP contribution in [-0.2, 0) is 0 Å². The molecule has 0 aliphatic carbocycles. The van der Waals surface area contributed by atoms with E-state index in [1.165, 1.54) is 12.4 Å². The van der Waals surface area contributed by atoms with Crippen LogP contribution in [0.1, 0.15) is 41.4 Å². The minimum absolute atomic E-state index is 0.00694. The van der Waals surface area contributed by atoms with E-state index < -0.39 is 5.97 Å². The molecule has 2 aromatic rings. The Morgan fingerprint density at radius 2 is 1.95 bits per heavy atom. The molecule has 1 heterocycles. The largest absolute Gasteiger partial charge is 0.476 e. The molecule has 1 aromatic carbocycles. The standard InChI is InChI=1S/C15H16N2O3/c1-9(2)11-5-4-10(3)8-12(11)20-14-13(15(18)19)16-6-7-17-14/h4-9H,1-3H3,(H,18,19). The van der Waals surface area contributed by atoms with Crippen molar-refractivity contribution >= 4 is 5.97 Å². The third kappa shape index (κ3) is 2.93. The first-order chi connectivity index (χ1) is 9.49. The van der Waals surface area contributed by atoms with Gasteiger partial charge >= 0.3 is 5.97 Å². The number of aromatic carboxylic acids is 1. The maximum Gasteiger partial charge on any atom is 0.360 e. The Labute approximate surface area is 117 Å². The zero-order valence-electron chi connectivity index (χ0n) is 11.6. The Hall–Kier alpha value is -2.43. The predicted octanol–water partition coefficient (Wildman–Crippen LogP) is 3.40. The van der Waals surface area contributed by atoms with E-state index in [9.17, 15) is 4.79 Å². The lowest BCUT2D eigenvalue weighted by atomic mass is 10.0. The molecule has 0 fully saturated rings. The quantitative estimate of drug-likeness (QED) is 0.923. The second kappa shape index (κ2) is 5.69. The van der Waals surface area contributed by atoms with E-state index in [1.807, 2.05) is 39.0 Å². The summed E-state index contributed by atoms with van der Waals surface area (Å²) in [4.78, 5) is 18.9. The van der Waals surface area contributed by atoms with Gasteiger partial charge in [0.1, 0.15) is 5.75 Å². The number of carbonyl (C=O) groups is 1. The lowest BCUT2D eigenvalue weighted by molar-refractivity contribution is 0.0686. The van der Waals surface area contributed by atoms with Crippen LogP contribution in [0.5, 0.6) is 11.6 Å². The SMILES string of the molecule is Cc1ccc(C(C)C)c(Oc2nccnc2C(=O)O)c1. The number of carboxylic acids is 1. The molecule has 5 nitrogen and oxygen atoms in total. The Morgan fingerprint density at radius 3 is 2.60 bits per heavy atom. The average Bonchev–Trinajstić information content (AvgIpc) is 2.38. The van der Waals surface area contributed by atoms with Crippen molar-refractivity contribution in [2.45, 2.75) is 26.7 Å². The number of ether oxygens (including phenoxy) is 1. The summed E-state index contributed by atoms with van der Waals surface area (Å²) < 4.78 is 5.69. The van der Waals surface area contributed by atoms with Crippen molar-refractivity contribution in [2.75, 3.05) is 0 Å². The molecule has 104 valence electrons. The molecule has 0 saturated carbocycles. The third-order valence-electron chi connectivity index (χ3n) is 2.86. The van der Waals surface area contributed by atoms with Gasteiger partial charge in [-0.1, -0.05) is 26.0 Å². The van der Waals surface area contributed by atoms with Gasteiger partial charge in [0.25, 0.3) is 5.88 Å². The molecule has 0 amide bonds. The van der Waals surface area contributed by atoms with Crippen molar-refractivity contribution in [3.05, 3.63) is 47.4 Å². The summed E-state index contributed by atoms with van der Waals surface area (Å²) in [6, 6.07) is 5.85. The first-order valence-corrected chi connectivity index (χ1v) is 6.31. The molecule has 0 radical (unpaired) electrons. The fourth-order valence-electron chi connectivity index (χ4n) is 1.86. The average molecular weight is 272 g/mol. The highest BCUT2D eigenvalue weighted by Crippen LogP contribution is 2.31. The van der Waals surface area contributed by atoms with E-state index in [4.69, 9.17) is 9.84 Å². The zero-order valence-corrected chi connectivity index (χ0v) is 11.6. The Morgan fingerprint density at radius 1 is 1.25 bits per heavy atom. The van der Waals surface area contributed by atoms with Gasteiger partial charge in [0, 0.05) is 12.4 Å². The molecule has 1 N–H and O–H groups in total. The molecule has 0 bridgehead atoms. The fraction of sp³-hybridized carbons (Fsp3) is 0.267. The van der Waals surface area contributed by atoms with Crippen LogP contribution in [0.15, 0.2) is 30.6 Å². The molecule has 0 spiro atoms. The van der Waals surface area contributed by atoms with Gasteiger partial charge in [-0.3, -0.25) is 0 Å². The van der Waals surface area contributed by atoms with Gasteiger partial charge in [-0.05, 0) is 30.0 Å². The van der Waals surface area contributed by atoms with E-state index >= 15 is 0 Å². The molecule has 0 aliphatic heterocycles. The third-order valence-corrected chi connectivity index (χ3v) is 2.86. The van der Waals surface area contributed by atoms with Crippen LogP contribution in [0.3, 0.4) is 0 Å². The molecule has 2 rings (SSSR count). The lowest BCUT2D eigenvalue weighted by Crippen LogP contribution is -2.05.